The van der Waals surface area contributed by atoms with Gasteiger partial charge in [-0.1, -0.05) is 44.2 Å². The number of hydrogen-bond acceptors (Lipinski definition) is 1. The van der Waals surface area contributed by atoms with E-state index in [-0.39, 0.29) is 5.92 Å². The van der Waals surface area contributed by atoms with E-state index in [0.717, 1.165) is 6.42 Å². The van der Waals surface area contributed by atoms with Crippen LogP contribution in [0.2, 0.25) is 0 Å². The van der Waals surface area contributed by atoms with E-state index in [1.165, 1.54) is 5.56 Å². The fourth-order valence-corrected chi connectivity index (χ4v) is 2.70. The average Bonchev–Trinajstić information content (AvgIpc) is 2.99. The molecule has 16 heavy (non-hydrogen) atoms. The summed E-state index contributed by atoms with van der Waals surface area (Å²) in [6.07, 6.45) is 0.840. The second kappa shape index (κ2) is 4.28. The molecule has 1 aliphatic carbocycles. The molecule has 0 bridgehead atoms. The van der Waals surface area contributed by atoms with Gasteiger partial charge < -0.3 is 5.11 Å². The van der Waals surface area contributed by atoms with E-state index in [4.69, 9.17) is 5.11 Å². The number of hydrogen-bond donors (Lipinski definition) is 1. The molecule has 1 saturated carbocycles. The van der Waals surface area contributed by atoms with E-state index in [2.05, 4.69) is 26.0 Å². The zero-order chi connectivity index (χ0) is 11.7. The predicted molar refractivity (Wildman–Crippen MR) is 63.3 cm³/mol. The van der Waals surface area contributed by atoms with Gasteiger partial charge in [0, 0.05) is 0 Å². The third kappa shape index (κ3) is 2.11. The molecule has 0 spiro atoms. The van der Waals surface area contributed by atoms with E-state index in [9.17, 15) is 4.79 Å². The molecule has 86 valence electrons. The van der Waals surface area contributed by atoms with Crippen LogP contribution in [0.15, 0.2) is 30.3 Å². The van der Waals surface area contributed by atoms with Gasteiger partial charge in [0.05, 0.1) is 5.92 Å². The Kier molecular flexibility index (Phi) is 2.99. The lowest BCUT2D eigenvalue weighted by Crippen LogP contribution is -2.12. The molecule has 2 heteroatoms. The molecule has 0 heterocycles. The highest BCUT2D eigenvalue weighted by molar-refractivity contribution is 5.73. The van der Waals surface area contributed by atoms with Gasteiger partial charge >= 0.3 is 5.97 Å². The Morgan fingerprint density at radius 1 is 1.31 bits per heavy atom. The monoisotopic (exact) mass is 218 g/mol. The second-order valence-corrected chi connectivity index (χ2v) is 5.02. The van der Waals surface area contributed by atoms with Crippen LogP contribution in [0.4, 0.5) is 0 Å². The minimum atomic E-state index is -0.633. The summed E-state index contributed by atoms with van der Waals surface area (Å²) in [7, 11) is 0. The van der Waals surface area contributed by atoms with E-state index in [1.54, 1.807) is 0 Å². The lowest BCUT2D eigenvalue weighted by atomic mass is 9.83. The highest BCUT2D eigenvalue weighted by Gasteiger charge is 2.48. The summed E-state index contributed by atoms with van der Waals surface area (Å²) in [5.41, 5.74) is 1.28. The first-order valence-electron chi connectivity index (χ1n) is 5.89. The lowest BCUT2D eigenvalue weighted by molar-refractivity contribution is -0.138. The van der Waals surface area contributed by atoms with E-state index in [1.807, 2.05) is 18.2 Å². The number of benzene rings is 1. The van der Waals surface area contributed by atoms with Crippen molar-refractivity contribution in [3.05, 3.63) is 35.9 Å². The van der Waals surface area contributed by atoms with Crippen LogP contribution in [-0.4, -0.2) is 11.1 Å². The highest BCUT2D eigenvalue weighted by atomic mass is 16.4. The molecule has 1 aromatic carbocycles. The largest absolute Gasteiger partial charge is 0.481 e. The highest BCUT2D eigenvalue weighted by Crippen LogP contribution is 2.51. The molecule has 1 N–H and O–H groups in total. The number of carbonyl (C=O) groups is 1. The molecule has 1 aromatic rings. The molecule has 1 unspecified atom stereocenters. The SMILES string of the molecule is CC(C)C(c1ccccc1)[C@@H]1C[C@H]1C(=O)O. The van der Waals surface area contributed by atoms with Crippen molar-refractivity contribution >= 4 is 5.97 Å². The molecule has 0 aromatic heterocycles. The molecule has 2 rings (SSSR count). The number of carboxylic acids is 1. The number of aliphatic carboxylic acids is 1. The van der Waals surface area contributed by atoms with Gasteiger partial charge in [-0.25, -0.2) is 0 Å². The number of carboxylic acid groups (broad SMARTS) is 1. The molecule has 1 aliphatic rings. The first-order chi connectivity index (χ1) is 7.61. The first-order valence-corrected chi connectivity index (χ1v) is 5.89. The van der Waals surface area contributed by atoms with Gasteiger partial charge in [-0.15, -0.1) is 0 Å². The Hall–Kier alpha value is -1.31. The van der Waals surface area contributed by atoms with Gasteiger partial charge in [-0.05, 0) is 29.7 Å². The molecule has 0 saturated heterocycles. The zero-order valence-electron chi connectivity index (χ0n) is 9.76. The predicted octanol–water partition coefficient (Wildman–Crippen LogP) is 3.15. The molecule has 2 nitrogen and oxygen atoms in total. The van der Waals surface area contributed by atoms with Crippen molar-refractivity contribution in [3.63, 3.8) is 0 Å². The Morgan fingerprint density at radius 3 is 2.38 bits per heavy atom. The first kappa shape index (κ1) is 11.2. The van der Waals surface area contributed by atoms with Crippen molar-refractivity contribution in [2.24, 2.45) is 17.8 Å². The third-order valence-electron chi connectivity index (χ3n) is 3.52. The van der Waals surface area contributed by atoms with E-state index >= 15 is 0 Å². The molecule has 3 atom stereocenters. The molecular formula is C14H18O2. The minimum absolute atomic E-state index is 0.118. The van der Waals surface area contributed by atoms with Gasteiger partial charge in [0.15, 0.2) is 0 Å². The van der Waals surface area contributed by atoms with Gasteiger partial charge in [-0.2, -0.15) is 0 Å². The Labute approximate surface area is 96.3 Å². The summed E-state index contributed by atoms with van der Waals surface area (Å²) in [5.74, 6) is 0.470. The molecule has 0 aliphatic heterocycles. The molecule has 1 fully saturated rings. The second-order valence-electron chi connectivity index (χ2n) is 5.02. The summed E-state index contributed by atoms with van der Waals surface area (Å²) >= 11 is 0. The summed E-state index contributed by atoms with van der Waals surface area (Å²) in [4.78, 5) is 10.9. The van der Waals surface area contributed by atoms with Crippen LogP contribution in [0.5, 0.6) is 0 Å². The van der Waals surface area contributed by atoms with Crippen LogP contribution in [0.25, 0.3) is 0 Å². The summed E-state index contributed by atoms with van der Waals surface area (Å²) in [6.45, 7) is 4.35. The average molecular weight is 218 g/mol. The van der Waals surface area contributed by atoms with Crippen LogP contribution in [0, 0.1) is 17.8 Å². The van der Waals surface area contributed by atoms with Gasteiger partial charge in [0.1, 0.15) is 0 Å². The maximum Gasteiger partial charge on any atom is 0.306 e. The fraction of sp³-hybridized carbons (Fsp3) is 0.500. The summed E-state index contributed by atoms with van der Waals surface area (Å²) in [6, 6.07) is 10.3. The van der Waals surface area contributed by atoms with E-state index < -0.39 is 5.97 Å². The summed E-state index contributed by atoms with van der Waals surface area (Å²) < 4.78 is 0. The zero-order valence-corrected chi connectivity index (χ0v) is 9.76. The maximum atomic E-state index is 10.9. The topological polar surface area (TPSA) is 37.3 Å². The number of rotatable bonds is 4. The van der Waals surface area contributed by atoms with Crippen LogP contribution in [0.1, 0.15) is 31.7 Å². The Morgan fingerprint density at radius 2 is 1.94 bits per heavy atom. The van der Waals surface area contributed by atoms with Gasteiger partial charge in [0.2, 0.25) is 0 Å². The fourth-order valence-electron chi connectivity index (χ4n) is 2.70. The van der Waals surface area contributed by atoms with Crippen molar-refractivity contribution in [2.45, 2.75) is 26.2 Å². The Bertz CT molecular complexity index is 370. The quantitative estimate of drug-likeness (QED) is 0.843. The van der Waals surface area contributed by atoms with Crippen molar-refractivity contribution < 1.29 is 9.90 Å². The van der Waals surface area contributed by atoms with Crippen LogP contribution in [-0.2, 0) is 4.79 Å². The van der Waals surface area contributed by atoms with Crippen LogP contribution < -0.4 is 0 Å². The normalized spacial score (nSPS) is 25.4. The van der Waals surface area contributed by atoms with Gasteiger partial charge in [0.25, 0.3) is 0 Å². The van der Waals surface area contributed by atoms with Crippen LogP contribution >= 0.6 is 0 Å². The molecule has 0 radical (unpaired) electrons. The summed E-state index contributed by atoms with van der Waals surface area (Å²) in [5, 5.41) is 9.00. The van der Waals surface area contributed by atoms with E-state index in [0.29, 0.717) is 17.8 Å². The third-order valence-corrected chi connectivity index (χ3v) is 3.52. The minimum Gasteiger partial charge on any atom is -0.481 e. The van der Waals surface area contributed by atoms with Crippen molar-refractivity contribution in [1.29, 1.82) is 0 Å². The molecular weight excluding hydrogens is 200 g/mol. The maximum absolute atomic E-state index is 10.9. The standard InChI is InChI=1S/C14H18O2/c1-9(2)13(10-6-4-3-5-7-10)11-8-12(11)14(15)16/h3-7,9,11-13H,8H2,1-2H3,(H,15,16)/t11-,12-,13?/m1/s1. The molecule has 0 amide bonds. The van der Waals surface area contributed by atoms with Crippen molar-refractivity contribution in [1.82, 2.24) is 0 Å². The van der Waals surface area contributed by atoms with Crippen molar-refractivity contribution in [2.75, 3.05) is 0 Å². The van der Waals surface area contributed by atoms with Crippen LogP contribution in [0.3, 0.4) is 0 Å². The Balaban J connectivity index is 2.17. The smallest absolute Gasteiger partial charge is 0.306 e. The lowest BCUT2D eigenvalue weighted by Gasteiger charge is -2.21. The van der Waals surface area contributed by atoms with Gasteiger partial charge in [-0.3, -0.25) is 4.79 Å². The van der Waals surface area contributed by atoms with Crippen molar-refractivity contribution in [3.8, 4) is 0 Å².